The number of hydrogen-bond acceptors (Lipinski definition) is 3. The van der Waals surface area contributed by atoms with Crippen molar-refractivity contribution in [3.05, 3.63) is 29.6 Å². The van der Waals surface area contributed by atoms with E-state index in [0.29, 0.717) is 18.9 Å². The Bertz CT molecular complexity index is 441. The van der Waals surface area contributed by atoms with Gasteiger partial charge >= 0.3 is 0 Å². The largest absolute Gasteiger partial charge is 0.337 e. The molecule has 1 fully saturated rings. The zero-order valence-corrected chi connectivity index (χ0v) is 12.6. The first kappa shape index (κ1) is 15.0. The average Bonchev–Trinajstić information content (AvgIpc) is 2.95. The summed E-state index contributed by atoms with van der Waals surface area (Å²) in [4.78, 5) is 18.7. The fraction of sp³-hybridized carbons (Fsp3) is 0.625. The molecule has 4 nitrogen and oxygen atoms in total. The number of hydrogen-bond donors (Lipinski definition) is 1. The summed E-state index contributed by atoms with van der Waals surface area (Å²) in [6, 6.07) is 5.97. The maximum atomic E-state index is 12.3. The number of pyridine rings is 1. The average molecular weight is 275 g/mol. The van der Waals surface area contributed by atoms with Crippen LogP contribution in [-0.4, -0.2) is 35.4 Å². The predicted molar refractivity (Wildman–Crippen MR) is 80.3 cm³/mol. The van der Waals surface area contributed by atoms with Crippen molar-refractivity contribution in [2.45, 2.75) is 39.7 Å². The van der Waals surface area contributed by atoms with Crippen molar-refractivity contribution in [3.8, 4) is 0 Å². The second kappa shape index (κ2) is 7.39. The fourth-order valence-electron chi connectivity index (χ4n) is 2.71. The molecule has 0 saturated carbocycles. The number of amides is 1. The highest BCUT2D eigenvalue weighted by Crippen LogP contribution is 2.15. The van der Waals surface area contributed by atoms with Crippen molar-refractivity contribution in [1.29, 1.82) is 0 Å². The number of carbonyl (C=O) groups is 1. The summed E-state index contributed by atoms with van der Waals surface area (Å²) in [5, 5.41) is 3.35. The monoisotopic (exact) mass is 275 g/mol. The van der Waals surface area contributed by atoms with E-state index in [1.807, 2.05) is 36.9 Å². The summed E-state index contributed by atoms with van der Waals surface area (Å²) >= 11 is 0. The Morgan fingerprint density at radius 3 is 3.00 bits per heavy atom. The molecule has 0 aromatic carbocycles. The van der Waals surface area contributed by atoms with Gasteiger partial charge in [-0.3, -0.25) is 9.78 Å². The van der Waals surface area contributed by atoms with Gasteiger partial charge in [-0.05, 0) is 57.8 Å². The van der Waals surface area contributed by atoms with Gasteiger partial charge in [-0.25, -0.2) is 0 Å². The molecule has 1 aliphatic heterocycles. The van der Waals surface area contributed by atoms with Crippen molar-refractivity contribution < 1.29 is 4.79 Å². The second-order valence-electron chi connectivity index (χ2n) is 5.58. The van der Waals surface area contributed by atoms with Gasteiger partial charge in [0.15, 0.2) is 0 Å². The Balaban J connectivity index is 1.85. The fourth-order valence-corrected chi connectivity index (χ4v) is 2.71. The van der Waals surface area contributed by atoms with Crippen LogP contribution in [-0.2, 0) is 11.3 Å². The van der Waals surface area contributed by atoms with E-state index in [-0.39, 0.29) is 5.91 Å². The first-order valence-electron chi connectivity index (χ1n) is 7.60. The molecule has 1 unspecified atom stereocenters. The summed E-state index contributed by atoms with van der Waals surface area (Å²) in [6.07, 6.45) is 2.87. The molecule has 0 radical (unpaired) electrons. The SMILES string of the molecule is CCN(Cc1cccc(C)n1)C(=O)CCC1CCNC1. The van der Waals surface area contributed by atoms with Crippen LogP contribution in [0.2, 0.25) is 0 Å². The highest BCUT2D eigenvalue weighted by molar-refractivity contribution is 5.76. The van der Waals surface area contributed by atoms with E-state index in [1.165, 1.54) is 6.42 Å². The second-order valence-corrected chi connectivity index (χ2v) is 5.58. The van der Waals surface area contributed by atoms with Gasteiger partial charge in [-0.1, -0.05) is 6.07 Å². The Labute approximate surface area is 121 Å². The normalized spacial score (nSPS) is 18.2. The Hall–Kier alpha value is -1.42. The molecular weight excluding hydrogens is 250 g/mol. The first-order valence-corrected chi connectivity index (χ1v) is 7.60. The van der Waals surface area contributed by atoms with Crippen LogP contribution < -0.4 is 5.32 Å². The van der Waals surface area contributed by atoms with Crippen molar-refractivity contribution in [3.63, 3.8) is 0 Å². The summed E-state index contributed by atoms with van der Waals surface area (Å²) in [5.41, 5.74) is 1.98. The number of carbonyl (C=O) groups excluding carboxylic acids is 1. The van der Waals surface area contributed by atoms with Gasteiger partial charge in [-0.15, -0.1) is 0 Å². The zero-order valence-electron chi connectivity index (χ0n) is 12.6. The van der Waals surface area contributed by atoms with Crippen LogP contribution >= 0.6 is 0 Å². The lowest BCUT2D eigenvalue weighted by Crippen LogP contribution is -2.31. The van der Waals surface area contributed by atoms with E-state index in [0.717, 1.165) is 37.4 Å². The number of aryl methyl sites for hydroxylation is 1. The maximum absolute atomic E-state index is 12.3. The number of nitrogens with one attached hydrogen (secondary N) is 1. The molecule has 1 saturated heterocycles. The highest BCUT2D eigenvalue weighted by Gasteiger charge is 2.18. The minimum Gasteiger partial charge on any atom is -0.337 e. The van der Waals surface area contributed by atoms with Crippen LogP contribution in [0.15, 0.2) is 18.2 Å². The summed E-state index contributed by atoms with van der Waals surface area (Å²) < 4.78 is 0. The van der Waals surface area contributed by atoms with Crippen LogP contribution in [0.3, 0.4) is 0 Å². The third-order valence-electron chi connectivity index (χ3n) is 3.96. The van der Waals surface area contributed by atoms with Gasteiger partial charge in [0.25, 0.3) is 0 Å². The zero-order chi connectivity index (χ0) is 14.4. The van der Waals surface area contributed by atoms with Gasteiger partial charge in [0.05, 0.1) is 12.2 Å². The molecule has 1 amide bonds. The van der Waals surface area contributed by atoms with Gasteiger partial charge in [0.2, 0.25) is 5.91 Å². The van der Waals surface area contributed by atoms with Gasteiger partial charge < -0.3 is 10.2 Å². The molecule has 1 aliphatic rings. The molecule has 1 aromatic rings. The predicted octanol–water partition coefficient (Wildman–Crippen LogP) is 2.13. The summed E-state index contributed by atoms with van der Waals surface area (Å²) in [5.74, 6) is 0.928. The van der Waals surface area contributed by atoms with Crippen molar-refractivity contribution >= 4 is 5.91 Å². The van der Waals surface area contributed by atoms with E-state index in [4.69, 9.17) is 0 Å². The third-order valence-corrected chi connectivity index (χ3v) is 3.96. The molecule has 110 valence electrons. The molecule has 2 heterocycles. The molecule has 1 atom stereocenters. The Morgan fingerprint density at radius 1 is 1.50 bits per heavy atom. The number of rotatable bonds is 6. The minimum absolute atomic E-state index is 0.253. The topological polar surface area (TPSA) is 45.2 Å². The quantitative estimate of drug-likeness (QED) is 0.865. The van der Waals surface area contributed by atoms with E-state index in [9.17, 15) is 4.79 Å². The summed E-state index contributed by atoms with van der Waals surface area (Å²) in [7, 11) is 0. The first-order chi connectivity index (χ1) is 9.69. The lowest BCUT2D eigenvalue weighted by molar-refractivity contribution is -0.131. The van der Waals surface area contributed by atoms with Crippen molar-refractivity contribution in [1.82, 2.24) is 15.2 Å². The summed E-state index contributed by atoms with van der Waals surface area (Å²) in [6.45, 7) is 7.55. The highest BCUT2D eigenvalue weighted by atomic mass is 16.2. The molecular formula is C16H25N3O. The number of nitrogens with zero attached hydrogens (tertiary/aromatic N) is 2. The molecule has 0 spiro atoms. The lowest BCUT2D eigenvalue weighted by Gasteiger charge is -2.21. The Morgan fingerprint density at radius 2 is 2.35 bits per heavy atom. The van der Waals surface area contributed by atoms with Gasteiger partial charge in [-0.2, -0.15) is 0 Å². The van der Waals surface area contributed by atoms with Gasteiger partial charge in [0, 0.05) is 18.7 Å². The smallest absolute Gasteiger partial charge is 0.222 e. The lowest BCUT2D eigenvalue weighted by atomic mass is 10.0. The van der Waals surface area contributed by atoms with Crippen LogP contribution in [0.5, 0.6) is 0 Å². The van der Waals surface area contributed by atoms with Crippen molar-refractivity contribution in [2.24, 2.45) is 5.92 Å². The molecule has 1 aromatic heterocycles. The van der Waals surface area contributed by atoms with Crippen LogP contribution in [0.25, 0.3) is 0 Å². The van der Waals surface area contributed by atoms with E-state index >= 15 is 0 Å². The molecule has 20 heavy (non-hydrogen) atoms. The Kier molecular flexibility index (Phi) is 5.53. The molecule has 0 aliphatic carbocycles. The standard InChI is InChI=1S/C16H25N3O/c1-3-19(12-15-6-4-5-13(2)18-15)16(20)8-7-14-9-10-17-11-14/h4-6,14,17H,3,7-12H2,1-2H3. The van der Waals surface area contributed by atoms with E-state index in [2.05, 4.69) is 10.3 Å². The molecule has 2 rings (SSSR count). The van der Waals surface area contributed by atoms with Crippen LogP contribution in [0.4, 0.5) is 0 Å². The minimum atomic E-state index is 0.253. The maximum Gasteiger partial charge on any atom is 0.222 e. The van der Waals surface area contributed by atoms with E-state index < -0.39 is 0 Å². The van der Waals surface area contributed by atoms with E-state index in [1.54, 1.807) is 0 Å². The molecule has 4 heteroatoms. The van der Waals surface area contributed by atoms with Crippen molar-refractivity contribution in [2.75, 3.05) is 19.6 Å². The van der Waals surface area contributed by atoms with Gasteiger partial charge in [0.1, 0.15) is 0 Å². The molecule has 1 N–H and O–H groups in total. The third kappa shape index (κ3) is 4.30. The van der Waals surface area contributed by atoms with Crippen LogP contribution in [0, 0.1) is 12.8 Å². The van der Waals surface area contributed by atoms with Crippen LogP contribution in [0.1, 0.15) is 37.6 Å². The molecule has 0 bridgehead atoms. The number of aromatic nitrogens is 1.